The second-order valence-electron chi connectivity index (χ2n) is 5.77. The van der Waals surface area contributed by atoms with Crippen LogP contribution in [0.2, 0.25) is 0 Å². The van der Waals surface area contributed by atoms with Crippen LogP contribution in [0.25, 0.3) is 0 Å². The van der Waals surface area contributed by atoms with Crippen LogP contribution in [0.1, 0.15) is 4.88 Å². The number of anilines is 2. The molecule has 3 rings (SSSR count). The van der Waals surface area contributed by atoms with Crippen molar-refractivity contribution in [3.8, 4) is 0 Å². The molecule has 0 atom stereocenters. The molecule has 0 radical (unpaired) electrons. The highest BCUT2D eigenvalue weighted by Crippen LogP contribution is 2.16. The molecule has 0 aromatic carbocycles. The molecule has 1 aliphatic rings. The summed E-state index contributed by atoms with van der Waals surface area (Å²) in [6, 6.07) is 6.37. The predicted molar refractivity (Wildman–Crippen MR) is 93.0 cm³/mol. The zero-order valence-electron chi connectivity index (χ0n) is 13.3. The van der Waals surface area contributed by atoms with Gasteiger partial charge in [-0.2, -0.15) is 4.98 Å². The van der Waals surface area contributed by atoms with E-state index in [1.807, 2.05) is 42.6 Å². The maximum atomic E-state index is 4.63. The minimum absolute atomic E-state index is 0.776. The zero-order valence-corrected chi connectivity index (χ0v) is 14.1. The summed E-state index contributed by atoms with van der Waals surface area (Å²) in [4.78, 5) is 17.2. The number of aromatic nitrogens is 2. The molecule has 0 N–H and O–H groups in total. The lowest BCUT2D eigenvalue weighted by atomic mass is 10.2. The Bertz CT molecular complexity index is 576. The molecule has 0 bridgehead atoms. The molecule has 0 saturated carbocycles. The summed E-state index contributed by atoms with van der Waals surface area (Å²) in [7, 11) is 3.95. The predicted octanol–water partition coefficient (Wildman–Crippen LogP) is 1.97. The fourth-order valence-corrected chi connectivity index (χ4v) is 3.35. The standard InChI is InChI=1S/C16H23N5S/c1-19(2)16-17-7-5-15(18-16)21-11-9-20(10-12-21)8-6-14-4-3-13-22-14/h3-5,7,13H,6,8-12H2,1-2H3. The van der Waals surface area contributed by atoms with Gasteiger partial charge < -0.3 is 9.80 Å². The fourth-order valence-electron chi connectivity index (χ4n) is 2.65. The lowest BCUT2D eigenvalue weighted by Gasteiger charge is -2.35. The first-order valence-corrected chi connectivity index (χ1v) is 8.60. The third kappa shape index (κ3) is 3.75. The van der Waals surface area contributed by atoms with Crippen LogP contribution in [-0.4, -0.2) is 61.7 Å². The summed E-state index contributed by atoms with van der Waals surface area (Å²) >= 11 is 1.85. The lowest BCUT2D eigenvalue weighted by Crippen LogP contribution is -2.47. The van der Waals surface area contributed by atoms with Gasteiger partial charge in [-0.05, 0) is 23.9 Å². The van der Waals surface area contributed by atoms with Crippen LogP contribution in [0, 0.1) is 0 Å². The van der Waals surface area contributed by atoms with E-state index in [1.165, 1.54) is 4.88 Å². The van der Waals surface area contributed by atoms with Crippen LogP contribution in [0.3, 0.4) is 0 Å². The topological polar surface area (TPSA) is 35.5 Å². The summed E-state index contributed by atoms with van der Waals surface area (Å²) < 4.78 is 0. The van der Waals surface area contributed by atoms with E-state index in [-0.39, 0.29) is 0 Å². The Morgan fingerprint density at radius 2 is 2.00 bits per heavy atom. The maximum absolute atomic E-state index is 4.63. The van der Waals surface area contributed by atoms with Crippen molar-refractivity contribution in [2.24, 2.45) is 0 Å². The van der Waals surface area contributed by atoms with Crippen LogP contribution in [0.5, 0.6) is 0 Å². The summed E-state index contributed by atoms with van der Waals surface area (Å²) in [5.74, 6) is 1.81. The van der Waals surface area contributed by atoms with Crippen molar-refractivity contribution in [3.63, 3.8) is 0 Å². The quantitative estimate of drug-likeness (QED) is 0.842. The molecule has 1 saturated heterocycles. The van der Waals surface area contributed by atoms with Crippen molar-refractivity contribution in [1.82, 2.24) is 14.9 Å². The molecule has 0 amide bonds. The van der Waals surface area contributed by atoms with E-state index in [0.717, 1.165) is 50.9 Å². The van der Waals surface area contributed by atoms with E-state index < -0.39 is 0 Å². The van der Waals surface area contributed by atoms with Gasteiger partial charge in [0.25, 0.3) is 0 Å². The van der Waals surface area contributed by atoms with Gasteiger partial charge in [0, 0.05) is 57.9 Å². The minimum Gasteiger partial charge on any atom is -0.354 e. The van der Waals surface area contributed by atoms with Gasteiger partial charge in [-0.3, -0.25) is 4.90 Å². The molecule has 1 aliphatic heterocycles. The molecule has 3 heterocycles. The molecule has 22 heavy (non-hydrogen) atoms. The van der Waals surface area contributed by atoms with Crippen LogP contribution in [-0.2, 0) is 6.42 Å². The highest BCUT2D eigenvalue weighted by atomic mass is 32.1. The van der Waals surface area contributed by atoms with Crippen molar-refractivity contribution in [2.75, 3.05) is 56.6 Å². The van der Waals surface area contributed by atoms with Crippen molar-refractivity contribution >= 4 is 23.1 Å². The van der Waals surface area contributed by atoms with Gasteiger partial charge in [0.2, 0.25) is 5.95 Å². The third-order valence-electron chi connectivity index (χ3n) is 3.98. The Kier molecular flexibility index (Phi) is 4.90. The zero-order chi connectivity index (χ0) is 15.4. The number of hydrogen-bond donors (Lipinski definition) is 0. The number of rotatable bonds is 5. The Morgan fingerprint density at radius 1 is 1.18 bits per heavy atom. The van der Waals surface area contributed by atoms with Gasteiger partial charge in [-0.1, -0.05) is 6.07 Å². The first-order chi connectivity index (χ1) is 10.7. The second-order valence-corrected chi connectivity index (χ2v) is 6.80. The molecule has 1 fully saturated rings. The van der Waals surface area contributed by atoms with Crippen LogP contribution >= 0.6 is 11.3 Å². The van der Waals surface area contributed by atoms with E-state index in [4.69, 9.17) is 0 Å². The number of thiophene rings is 1. The van der Waals surface area contributed by atoms with Crippen molar-refractivity contribution in [3.05, 3.63) is 34.7 Å². The summed E-state index contributed by atoms with van der Waals surface area (Å²) in [6.07, 6.45) is 3.01. The van der Waals surface area contributed by atoms with E-state index in [9.17, 15) is 0 Å². The molecule has 0 spiro atoms. The van der Waals surface area contributed by atoms with E-state index in [2.05, 4.69) is 37.3 Å². The first kappa shape index (κ1) is 15.2. The van der Waals surface area contributed by atoms with Crippen LogP contribution in [0.4, 0.5) is 11.8 Å². The number of hydrogen-bond acceptors (Lipinski definition) is 6. The molecule has 0 aliphatic carbocycles. The molecule has 2 aromatic heterocycles. The molecule has 118 valence electrons. The average molecular weight is 317 g/mol. The summed E-state index contributed by atoms with van der Waals surface area (Å²) in [5.41, 5.74) is 0. The van der Waals surface area contributed by atoms with Crippen molar-refractivity contribution in [2.45, 2.75) is 6.42 Å². The Balaban J connectivity index is 1.52. The van der Waals surface area contributed by atoms with E-state index in [1.54, 1.807) is 0 Å². The highest BCUT2D eigenvalue weighted by molar-refractivity contribution is 7.09. The fraction of sp³-hybridized carbons (Fsp3) is 0.500. The van der Waals surface area contributed by atoms with Crippen molar-refractivity contribution in [1.29, 1.82) is 0 Å². The largest absolute Gasteiger partial charge is 0.354 e. The molecule has 6 heteroatoms. The van der Waals surface area contributed by atoms with E-state index >= 15 is 0 Å². The first-order valence-electron chi connectivity index (χ1n) is 7.72. The normalized spacial score (nSPS) is 16.0. The van der Waals surface area contributed by atoms with Gasteiger partial charge in [0.05, 0.1) is 0 Å². The minimum atomic E-state index is 0.776. The van der Waals surface area contributed by atoms with Gasteiger partial charge in [0.15, 0.2) is 0 Å². The van der Waals surface area contributed by atoms with Gasteiger partial charge >= 0.3 is 0 Å². The highest BCUT2D eigenvalue weighted by Gasteiger charge is 2.18. The molecule has 0 unspecified atom stereocenters. The average Bonchev–Trinajstić information content (AvgIpc) is 3.07. The molecule has 5 nitrogen and oxygen atoms in total. The van der Waals surface area contributed by atoms with E-state index in [0.29, 0.717) is 0 Å². The maximum Gasteiger partial charge on any atom is 0.226 e. The Labute approximate surface area is 136 Å². The monoisotopic (exact) mass is 317 g/mol. The van der Waals surface area contributed by atoms with Gasteiger partial charge in [-0.15, -0.1) is 11.3 Å². The van der Waals surface area contributed by atoms with Crippen LogP contribution in [0.15, 0.2) is 29.8 Å². The Hall–Kier alpha value is -1.66. The summed E-state index contributed by atoms with van der Waals surface area (Å²) in [6.45, 7) is 5.43. The SMILES string of the molecule is CN(C)c1nccc(N2CCN(CCc3cccs3)CC2)n1. The molecule has 2 aromatic rings. The van der Waals surface area contributed by atoms with Crippen LogP contribution < -0.4 is 9.80 Å². The number of nitrogens with zero attached hydrogens (tertiary/aromatic N) is 5. The third-order valence-corrected chi connectivity index (χ3v) is 4.92. The Morgan fingerprint density at radius 3 is 2.68 bits per heavy atom. The second kappa shape index (κ2) is 7.07. The van der Waals surface area contributed by atoms with Crippen molar-refractivity contribution < 1.29 is 0 Å². The van der Waals surface area contributed by atoms with Gasteiger partial charge in [-0.25, -0.2) is 4.98 Å². The summed E-state index contributed by atoms with van der Waals surface area (Å²) in [5, 5.41) is 2.16. The molecular formula is C16H23N5S. The smallest absolute Gasteiger partial charge is 0.226 e. The lowest BCUT2D eigenvalue weighted by molar-refractivity contribution is 0.261. The molecular weight excluding hydrogens is 294 g/mol. The van der Waals surface area contributed by atoms with Gasteiger partial charge in [0.1, 0.15) is 5.82 Å². The number of piperazine rings is 1.